The van der Waals surface area contributed by atoms with Crippen molar-refractivity contribution in [1.29, 1.82) is 0 Å². The predicted molar refractivity (Wildman–Crippen MR) is 140 cm³/mol. The van der Waals surface area contributed by atoms with Crippen LogP contribution in [0.3, 0.4) is 0 Å². The number of pyridine rings is 3. The van der Waals surface area contributed by atoms with Crippen molar-refractivity contribution in [2.75, 3.05) is 0 Å². The third kappa shape index (κ3) is 2.11. The Morgan fingerprint density at radius 1 is 0.629 bits per heavy atom. The van der Waals surface area contributed by atoms with Gasteiger partial charge in [0.2, 0.25) is 0 Å². The summed E-state index contributed by atoms with van der Waals surface area (Å²) in [6, 6.07) is 24.2. The molecule has 162 valence electrons. The molecular weight excluding hydrogens is 428 g/mol. The molecule has 0 amide bonds. The lowest BCUT2D eigenvalue weighted by Gasteiger charge is -2.10. The number of aromatic nitrogens is 4. The number of rotatable bonds is 0. The van der Waals surface area contributed by atoms with Gasteiger partial charge in [-0.25, -0.2) is 4.98 Å². The summed E-state index contributed by atoms with van der Waals surface area (Å²) in [5, 5.41) is 2.11. The van der Waals surface area contributed by atoms with E-state index in [2.05, 4.69) is 70.0 Å². The molecule has 2 aliphatic carbocycles. The van der Waals surface area contributed by atoms with E-state index < -0.39 is 0 Å². The summed E-state index contributed by atoms with van der Waals surface area (Å²) in [4.78, 5) is 14.5. The average Bonchev–Trinajstić information content (AvgIpc) is 3.59. The van der Waals surface area contributed by atoms with Crippen molar-refractivity contribution in [3.05, 3.63) is 108 Å². The average molecular weight is 447 g/mol. The highest BCUT2D eigenvalue weighted by Crippen LogP contribution is 2.49. The Hall–Kier alpha value is -4.57. The van der Waals surface area contributed by atoms with Crippen LogP contribution < -0.4 is 0 Å². The van der Waals surface area contributed by atoms with Crippen molar-refractivity contribution in [1.82, 2.24) is 19.4 Å². The summed E-state index contributed by atoms with van der Waals surface area (Å²) in [6.07, 6.45) is 7.57. The first-order valence-corrected chi connectivity index (χ1v) is 12.0. The van der Waals surface area contributed by atoms with Gasteiger partial charge in [0.05, 0.1) is 22.1 Å². The maximum atomic E-state index is 5.34. The van der Waals surface area contributed by atoms with Crippen molar-refractivity contribution < 1.29 is 0 Å². The van der Waals surface area contributed by atoms with Crippen molar-refractivity contribution in [3.8, 4) is 22.3 Å². The van der Waals surface area contributed by atoms with Crippen LogP contribution in [0, 0.1) is 0 Å². The van der Waals surface area contributed by atoms with Gasteiger partial charge in [-0.3, -0.25) is 14.4 Å². The maximum absolute atomic E-state index is 5.34. The number of nitrogens with zero attached hydrogens (tertiary/aromatic N) is 4. The molecule has 4 nitrogen and oxygen atoms in total. The molecule has 7 aromatic rings. The summed E-state index contributed by atoms with van der Waals surface area (Å²) in [5.74, 6) is 0. The molecule has 0 saturated heterocycles. The fourth-order valence-electron chi connectivity index (χ4n) is 6.53. The van der Waals surface area contributed by atoms with Crippen LogP contribution in [0.2, 0.25) is 0 Å². The first-order chi connectivity index (χ1) is 17.4. The van der Waals surface area contributed by atoms with Gasteiger partial charge < -0.3 is 0 Å². The third-order valence-corrected chi connectivity index (χ3v) is 7.96. The summed E-state index contributed by atoms with van der Waals surface area (Å²) in [5.41, 5.74) is 16.3. The van der Waals surface area contributed by atoms with Crippen molar-refractivity contribution in [2.45, 2.75) is 12.8 Å². The molecular formula is C31H18N4. The SMILES string of the molecule is c1ccc2c(c1)Cc1c-2ccc2c1-c1c(ccc3c1nc1c4cccnc4c4cnccc4n31)C2. The van der Waals surface area contributed by atoms with E-state index in [4.69, 9.17) is 9.97 Å². The molecule has 0 bridgehead atoms. The first-order valence-electron chi connectivity index (χ1n) is 12.0. The maximum Gasteiger partial charge on any atom is 0.147 e. The van der Waals surface area contributed by atoms with Gasteiger partial charge in [-0.15, -0.1) is 0 Å². The molecule has 0 spiro atoms. The van der Waals surface area contributed by atoms with Crippen LogP contribution in [0.4, 0.5) is 0 Å². The lowest BCUT2D eigenvalue weighted by Crippen LogP contribution is -1.93. The Kier molecular flexibility index (Phi) is 3.11. The van der Waals surface area contributed by atoms with E-state index in [1.54, 1.807) is 0 Å². The molecule has 2 aliphatic rings. The Bertz CT molecular complexity index is 2070. The zero-order valence-electron chi connectivity index (χ0n) is 18.8. The molecule has 0 N–H and O–H groups in total. The van der Waals surface area contributed by atoms with Gasteiger partial charge in [-0.05, 0) is 76.1 Å². The van der Waals surface area contributed by atoms with Crippen molar-refractivity contribution >= 4 is 38.5 Å². The fraction of sp³-hybridized carbons (Fsp3) is 0.0645. The van der Waals surface area contributed by atoms with Gasteiger partial charge in [0.25, 0.3) is 0 Å². The van der Waals surface area contributed by atoms with Crippen molar-refractivity contribution in [3.63, 3.8) is 0 Å². The van der Waals surface area contributed by atoms with E-state index in [0.717, 1.165) is 51.3 Å². The molecule has 0 saturated carbocycles. The minimum atomic E-state index is 0.951. The van der Waals surface area contributed by atoms with Crippen LogP contribution in [-0.2, 0) is 12.8 Å². The smallest absolute Gasteiger partial charge is 0.147 e. The summed E-state index contributed by atoms with van der Waals surface area (Å²) in [6.45, 7) is 0. The van der Waals surface area contributed by atoms with Crippen LogP contribution >= 0.6 is 0 Å². The highest BCUT2D eigenvalue weighted by atomic mass is 15.0. The molecule has 0 radical (unpaired) electrons. The van der Waals surface area contributed by atoms with Gasteiger partial charge in [0.15, 0.2) is 0 Å². The standard InChI is InChI=1S/C31H18N4/c1-2-5-20-17(4-1)15-23-21(20)9-7-18-14-19-8-10-26-30(28(19)27(18)23)34-31-22-6-3-12-33-29(22)24-16-32-13-11-25(24)35(26)31/h1-13,16H,14-15H2. The topological polar surface area (TPSA) is 43.1 Å². The lowest BCUT2D eigenvalue weighted by atomic mass is 9.94. The number of imidazole rings is 1. The molecule has 35 heavy (non-hydrogen) atoms. The molecule has 4 aromatic heterocycles. The minimum Gasteiger partial charge on any atom is -0.291 e. The number of fused-ring (bicyclic) bond motifs is 16. The van der Waals surface area contributed by atoms with E-state index in [9.17, 15) is 0 Å². The number of hydrogen-bond acceptors (Lipinski definition) is 3. The quantitative estimate of drug-likeness (QED) is 0.243. The van der Waals surface area contributed by atoms with E-state index in [1.165, 1.54) is 44.5 Å². The van der Waals surface area contributed by atoms with Crippen LogP contribution in [0.15, 0.2) is 85.3 Å². The van der Waals surface area contributed by atoms with E-state index >= 15 is 0 Å². The first kappa shape index (κ1) is 17.8. The molecule has 3 aromatic carbocycles. The third-order valence-electron chi connectivity index (χ3n) is 7.96. The van der Waals surface area contributed by atoms with Gasteiger partial charge in [0.1, 0.15) is 5.65 Å². The van der Waals surface area contributed by atoms with Crippen LogP contribution in [0.1, 0.15) is 22.3 Å². The molecule has 4 heterocycles. The molecule has 0 fully saturated rings. The summed E-state index contributed by atoms with van der Waals surface area (Å²) in [7, 11) is 0. The normalized spacial score (nSPS) is 13.5. The number of benzene rings is 3. The van der Waals surface area contributed by atoms with Crippen LogP contribution in [0.5, 0.6) is 0 Å². The molecule has 9 rings (SSSR count). The Morgan fingerprint density at radius 3 is 2.54 bits per heavy atom. The summed E-state index contributed by atoms with van der Waals surface area (Å²) >= 11 is 0. The second-order valence-corrected chi connectivity index (χ2v) is 9.67. The molecule has 0 atom stereocenters. The number of hydrogen-bond donors (Lipinski definition) is 0. The van der Waals surface area contributed by atoms with Gasteiger partial charge in [-0.2, -0.15) is 0 Å². The molecule has 0 unspecified atom stereocenters. The highest BCUT2D eigenvalue weighted by molar-refractivity contribution is 6.13. The predicted octanol–water partition coefficient (Wildman–Crippen LogP) is 6.73. The van der Waals surface area contributed by atoms with Crippen molar-refractivity contribution in [2.24, 2.45) is 0 Å². The monoisotopic (exact) mass is 446 g/mol. The lowest BCUT2D eigenvalue weighted by molar-refractivity contribution is 1.23. The molecule has 0 aliphatic heterocycles. The highest BCUT2D eigenvalue weighted by Gasteiger charge is 2.30. The Labute approximate surface area is 200 Å². The van der Waals surface area contributed by atoms with Crippen LogP contribution in [-0.4, -0.2) is 19.4 Å². The van der Waals surface area contributed by atoms with E-state index in [-0.39, 0.29) is 0 Å². The second-order valence-electron chi connectivity index (χ2n) is 9.67. The second kappa shape index (κ2) is 6.10. The zero-order valence-corrected chi connectivity index (χ0v) is 18.8. The zero-order chi connectivity index (χ0) is 22.7. The largest absolute Gasteiger partial charge is 0.291 e. The molecule has 4 heteroatoms. The van der Waals surface area contributed by atoms with Crippen LogP contribution in [0.25, 0.3) is 60.7 Å². The summed E-state index contributed by atoms with van der Waals surface area (Å²) < 4.78 is 2.30. The van der Waals surface area contributed by atoms with Gasteiger partial charge in [-0.1, -0.05) is 42.5 Å². The van der Waals surface area contributed by atoms with E-state index in [1.807, 2.05) is 24.7 Å². The Morgan fingerprint density at radius 2 is 1.54 bits per heavy atom. The van der Waals surface area contributed by atoms with Gasteiger partial charge >= 0.3 is 0 Å². The fourth-order valence-corrected chi connectivity index (χ4v) is 6.53. The Balaban J connectivity index is 1.45. The van der Waals surface area contributed by atoms with E-state index in [0.29, 0.717) is 0 Å². The minimum absolute atomic E-state index is 0.951. The van der Waals surface area contributed by atoms with Gasteiger partial charge in [0, 0.05) is 34.9 Å².